The number of rotatable bonds is 3. The Hall–Kier alpha value is -1.43. The molecule has 0 bridgehead atoms. The molecule has 17 heavy (non-hydrogen) atoms. The number of aryl methyl sites for hydroxylation is 2. The number of nitrogens with one attached hydrogen (secondary N) is 1. The Labute approximate surface area is 108 Å². The van der Waals surface area contributed by atoms with Gasteiger partial charge in [0.05, 0.1) is 22.7 Å². The molecule has 0 saturated heterocycles. The summed E-state index contributed by atoms with van der Waals surface area (Å²) in [6.45, 7) is 2.07. The van der Waals surface area contributed by atoms with E-state index in [0.717, 1.165) is 28.1 Å². The number of nitrogens with zero attached hydrogens (tertiary/aromatic N) is 4. The number of hydrogen-bond donors (Lipinski definition) is 1. The normalized spacial score (nSPS) is 10.6. The number of aromatic nitrogens is 4. The fourth-order valence-electron chi connectivity index (χ4n) is 1.58. The molecule has 0 saturated carbocycles. The summed E-state index contributed by atoms with van der Waals surface area (Å²) in [6.07, 6.45) is 4.36. The summed E-state index contributed by atoms with van der Waals surface area (Å²) >= 11 is 3.51. The van der Waals surface area contributed by atoms with E-state index in [1.54, 1.807) is 12.5 Å². The molecule has 2 aromatic heterocycles. The third-order valence-corrected chi connectivity index (χ3v) is 3.37. The zero-order valence-corrected chi connectivity index (χ0v) is 11.6. The van der Waals surface area contributed by atoms with Crippen molar-refractivity contribution in [1.29, 1.82) is 0 Å². The molecule has 2 rings (SSSR count). The first kappa shape index (κ1) is 12.0. The van der Waals surface area contributed by atoms with Gasteiger partial charge in [0.15, 0.2) is 5.82 Å². The van der Waals surface area contributed by atoms with Crippen LogP contribution in [-0.4, -0.2) is 26.6 Å². The van der Waals surface area contributed by atoms with Crippen LogP contribution in [0.1, 0.15) is 12.6 Å². The molecule has 1 N–H and O–H groups in total. The smallest absolute Gasteiger partial charge is 0.180 e. The molecule has 0 unspecified atom stereocenters. The zero-order chi connectivity index (χ0) is 12.4. The van der Waals surface area contributed by atoms with Gasteiger partial charge in [0, 0.05) is 14.1 Å². The van der Waals surface area contributed by atoms with E-state index in [9.17, 15) is 0 Å². The van der Waals surface area contributed by atoms with Crippen LogP contribution in [0.5, 0.6) is 0 Å². The molecule has 90 valence electrons. The number of anilines is 1. The van der Waals surface area contributed by atoms with Gasteiger partial charge in [-0.3, -0.25) is 0 Å². The van der Waals surface area contributed by atoms with Gasteiger partial charge in [-0.1, -0.05) is 6.92 Å². The predicted octanol–water partition coefficient (Wildman–Crippen LogP) is 2.24. The number of halogens is 1. The zero-order valence-electron chi connectivity index (χ0n) is 10.0. The third kappa shape index (κ3) is 2.17. The van der Waals surface area contributed by atoms with Crippen LogP contribution in [0.25, 0.3) is 11.5 Å². The first-order valence-corrected chi connectivity index (χ1v) is 6.17. The van der Waals surface area contributed by atoms with Crippen molar-refractivity contribution < 1.29 is 0 Å². The third-order valence-electron chi connectivity index (χ3n) is 2.54. The van der Waals surface area contributed by atoms with Crippen molar-refractivity contribution in [2.45, 2.75) is 13.3 Å². The van der Waals surface area contributed by atoms with Gasteiger partial charge in [-0.2, -0.15) is 0 Å². The first-order valence-electron chi connectivity index (χ1n) is 5.38. The van der Waals surface area contributed by atoms with Gasteiger partial charge in [0.1, 0.15) is 11.5 Å². The minimum Gasteiger partial charge on any atom is -0.372 e. The van der Waals surface area contributed by atoms with Gasteiger partial charge < -0.3 is 9.88 Å². The summed E-state index contributed by atoms with van der Waals surface area (Å²) < 4.78 is 2.83. The van der Waals surface area contributed by atoms with E-state index in [2.05, 4.69) is 43.1 Å². The lowest BCUT2D eigenvalue weighted by Crippen LogP contribution is -2.04. The summed E-state index contributed by atoms with van der Waals surface area (Å²) in [5.41, 5.74) is 1.89. The van der Waals surface area contributed by atoms with Gasteiger partial charge in [-0.25, -0.2) is 15.0 Å². The lowest BCUT2D eigenvalue weighted by Gasteiger charge is -2.10. The molecule has 0 spiro atoms. The van der Waals surface area contributed by atoms with Crippen LogP contribution >= 0.6 is 15.9 Å². The molecule has 0 fully saturated rings. The van der Waals surface area contributed by atoms with Gasteiger partial charge in [0.25, 0.3) is 0 Å². The predicted molar refractivity (Wildman–Crippen MR) is 70.9 cm³/mol. The molecule has 2 aromatic rings. The highest BCUT2D eigenvalue weighted by Gasteiger charge is 2.13. The maximum atomic E-state index is 4.54. The number of hydrogen-bond acceptors (Lipinski definition) is 4. The van der Waals surface area contributed by atoms with E-state index in [1.807, 2.05) is 18.7 Å². The molecule has 5 nitrogen and oxygen atoms in total. The summed E-state index contributed by atoms with van der Waals surface area (Å²) in [5, 5.41) is 3.06. The Morgan fingerprint density at radius 3 is 2.71 bits per heavy atom. The Balaban J connectivity index is 2.60. The van der Waals surface area contributed by atoms with Crippen LogP contribution < -0.4 is 5.32 Å². The molecule has 0 amide bonds. The van der Waals surface area contributed by atoms with Crippen molar-refractivity contribution in [2.24, 2.45) is 7.05 Å². The van der Waals surface area contributed by atoms with E-state index >= 15 is 0 Å². The van der Waals surface area contributed by atoms with Gasteiger partial charge in [0.2, 0.25) is 0 Å². The second-order valence-electron chi connectivity index (χ2n) is 3.65. The molecular weight excluding hydrogens is 282 g/mol. The Morgan fingerprint density at radius 2 is 2.18 bits per heavy atom. The largest absolute Gasteiger partial charge is 0.372 e. The second-order valence-corrected chi connectivity index (χ2v) is 4.44. The summed E-state index contributed by atoms with van der Waals surface area (Å²) in [5.74, 6) is 1.49. The van der Waals surface area contributed by atoms with E-state index in [4.69, 9.17) is 0 Å². The van der Waals surface area contributed by atoms with Gasteiger partial charge >= 0.3 is 0 Å². The summed E-state index contributed by atoms with van der Waals surface area (Å²) in [7, 11) is 3.78. The molecule has 0 atom stereocenters. The van der Waals surface area contributed by atoms with Gasteiger partial charge in [-0.15, -0.1) is 0 Å². The molecule has 2 heterocycles. The van der Waals surface area contributed by atoms with Crippen LogP contribution in [0.4, 0.5) is 5.82 Å². The minimum absolute atomic E-state index is 0.689. The monoisotopic (exact) mass is 295 g/mol. The highest BCUT2D eigenvalue weighted by molar-refractivity contribution is 9.10. The van der Waals surface area contributed by atoms with Crippen LogP contribution in [-0.2, 0) is 13.5 Å². The van der Waals surface area contributed by atoms with Crippen LogP contribution in [0.3, 0.4) is 0 Å². The van der Waals surface area contributed by atoms with Crippen molar-refractivity contribution >= 4 is 21.7 Å². The molecule has 0 aliphatic heterocycles. The van der Waals surface area contributed by atoms with E-state index < -0.39 is 0 Å². The van der Waals surface area contributed by atoms with Crippen LogP contribution in [0, 0.1) is 0 Å². The summed E-state index contributed by atoms with van der Waals surface area (Å²) in [6, 6.07) is 0. The molecule has 0 aliphatic rings. The van der Waals surface area contributed by atoms with Crippen LogP contribution in [0.2, 0.25) is 0 Å². The maximum absolute atomic E-state index is 4.54. The minimum atomic E-state index is 0.689. The Kier molecular flexibility index (Phi) is 3.42. The molecule has 0 aromatic carbocycles. The van der Waals surface area contributed by atoms with Crippen molar-refractivity contribution in [3.63, 3.8) is 0 Å². The van der Waals surface area contributed by atoms with E-state index in [1.165, 1.54) is 0 Å². The van der Waals surface area contributed by atoms with Crippen molar-refractivity contribution in [3.8, 4) is 11.5 Å². The Morgan fingerprint density at radius 1 is 1.41 bits per heavy atom. The fourth-order valence-corrected chi connectivity index (χ4v) is 2.24. The average Bonchev–Trinajstić information content (AvgIpc) is 2.76. The van der Waals surface area contributed by atoms with Crippen molar-refractivity contribution in [3.05, 3.63) is 22.7 Å². The first-order chi connectivity index (χ1) is 8.17. The fraction of sp³-hybridized carbons (Fsp3) is 0.364. The van der Waals surface area contributed by atoms with E-state index in [0.29, 0.717) is 5.82 Å². The quantitative estimate of drug-likeness (QED) is 0.944. The molecular formula is C11H14BrN5. The molecule has 6 heteroatoms. The Bertz CT molecular complexity index is 509. The van der Waals surface area contributed by atoms with Gasteiger partial charge in [-0.05, 0) is 22.4 Å². The van der Waals surface area contributed by atoms with Crippen molar-refractivity contribution in [2.75, 3.05) is 12.4 Å². The second kappa shape index (κ2) is 4.83. The SMILES string of the molecule is CCc1nc(-c2cncn2C)nc(NC)c1Br. The highest BCUT2D eigenvalue weighted by Crippen LogP contribution is 2.26. The molecule has 0 aliphatic carbocycles. The topological polar surface area (TPSA) is 55.6 Å². The molecule has 0 radical (unpaired) electrons. The summed E-state index contributed by atoms with van der Waals surface area (Å²) in [4.78, 5) is 13.1. The maximum Gasteiger partial charge on any atom is 0.180 e. The van der Waals surface area contributed by atoms with Crippen LogP contribution in [0.15, 0.2) is 17.0 Å². The highest BCUT2D eigenvalue weighted by atomic mass is 79.9. The average molecular weight is 296 g/mol. The van der Waals surface area contributed by atoms with Crippen molar-refractivity contribution in [1.82, 2.24) is 19.5 Å². The lowest BCUT2D eigenvalue weighted by molar-refractivity contribution is 0.898. The number of imidazole rings is 1. The lowest BCUT2D eigenvalue weighted by atomic mass is 10.3. The van der Waals surface area contributed by atoms with E-state index in [-0.39, 0.29) is 0 Å². The standard InChI is InChI=1S/C11H14BrN5/c1-4-7-9(12)11(13-2)16-10(15-7)8-5-14-6-17(8)3/h5-6H,4H2,1-3H3,(H,13,15,16).